The molecule has 14 heteroatoms. The van der Waals surface area contributed by atoms with Crippen LogP contribution in [0.3, 0.4) is 0 Å². The number of non-ortho nitro benzene ring substituents is 1. The van der Waals surface area contributed by atoms with Crippen molar-refractivity contribution in [3.8, 4) is 5.75 Å². The van der Waals surface area contributed by atoms with Crippen molar-refractivity contribution >= 4 is 23.6 Å². The molecule has 1 aromatic rings. The first-order chi connectivity index (χ1) is 15.1. The third kappa shape index (κ3) is 6.55. The predicted molar refractivity (Wildman–Crippen MR) is 103 cm³/mol. The average Bonchev–Trinajstić information content (AvgIpc) is 2.70. The van der Waals surface area contributed by atoms with Gasteiger partial charge in [0.2, 0.25) is 12.4 Å². The Morgan fingerprint density at radius 2 is 1.56 bits per heavy atom. The number of hydrogen-bond acceptors (Lipinski definition) is 11. The van der Waals surface area contributed by atoms with E-state index < -0.39 is 53.5 Å². The summed E-state index contributed by atoms with van der Waals surface area (Å²) in [7, 11) is 0. The molecule has 1 aliphatic rings. The lowest BCUT2D eigenvalue weighted by Crippen LogP contribution is -2.63. The molecule has 0 amide bonds. The highest BCUT2D eigenvalue weighted by atomic mass is 16.7. The van der Waals surface area contributed by atoms with Gasteiger partial charge >= 0.3 is 17.9 Å². The number of nitro benzene ring substituents is 1. The maximum absolute atomic E-state index is 11.7. The van der Waals surface area contributed by atoms with Crippen LogP contribution in [0.5, 0.6) is 5.75 Å². The number of rotatable bonds is 8. The Morgan fingerprint density at radius 3 is 2.06 bits per heavy atom. The van der Waals surface area contributed by atoms with E-state index in [2.05, 4.69) is 10.0 Å². The Balaban J connectivity index is 2.44. The first-order valence-electron chi connectivity index (χ1n) is 9.21. The van der Waals surface area contributed by atoms with Crippen LogP contribution in [0.25, 0.3) is 10.4 Å². The molecule has 172 valence electrons. The first kappa shape index (κ1) is 24.4. The SMILES string of the molecule is CC(=O)OC1C(CN=[N+]=[N-])OC(Oc2ccc([N+](=O)[O-])cc2)C(OC(C)=O)C1OC(C)=O. The molecule has 0 spiro atoms. The Morgan fingerprint density at radius 1 is 1.03 bits per heavy atom. The highest BCUT2D eigenvalue weighted by Gasteiger charge is 2.52. The van der Waals surface area contributed by atoms with Crippen LogP contribution < -0.4 is 4.74 Å². The van der Waals surface area contributed by atoms with E-state index in [-0.39, 0.29) is 18.0 Å². The largest absolute Gasteiger partial charge is 0.461 e. The Kier molecular flexibility index (Phi) is 8.32. The summed E-state index contributed by atoms with van der Waals surface area (Å²) in [6.45, 7) is 2.97. The van der Waals surface area contributed by atoms with Gasteiger partial charge in [-0.25, -0.2) is 0 Å². The molecule has 1 aliphatic heterocycles. The zero-order valence-electron chi connectivity index (χ0n) is 17.3. The van der Waals surface area contributed by atoms with E-state index in [1.165, 1.54) is 24.3 Å². The molecule has 0 radical (unpaired) electrons. The third-order valence-electron chi connectivity index (χ3n) is 4.12. The standard InChI is InChI=1S/C18H20N4O10/c1-9(23)28-15-14(8-20-21-19)32-18(17(30-11(3)25)16(15)29-10(2)24)31-13-6-4-12(5-7-13)22(26)27/h4-7,14-18H,8H2,1-3H3. The van der Waals surface area contributed by atoms with Gasteiger partial charge in [-0.05, 0) is 17.7 Å². The predicted octanol–water partition coefficient (Wildman–Crippen LogP) is 1.80. The number of nitro groups is 1. The van der Waals surface area contributed by atoms with Gasteiger partial charge in [0.05, 0.1) is 11.5 Å². The maximum Gasteiger partial charge on any atom is 0.303 e. The van der Waals surface area contributed by atoms with Crippen molar-refractivity contribution < 1.29 is 43.0 Å². The van der Waals surface area contributed by atoms with Crippen LogP contribution in [0.4, 0.5) is 5.69 Å². The van der Waals surface area contributed by atoms with Gasteiger partial charge in [0.15, 0.2) is 12.2 Å². The molecule has 1 saturated heterocycles. The molecule has 1 heterocycles. The van der Waals surface area contributed by atoms with E-state index in [9.17, 15) is 24.5 Å². The number of carbonyl (C=O) groups is 3. The lowest BCUT2D eigenvalue weighted by Gasteiger charge is -2.43. The molecule has 5 unspecified atom stereocenters. The summed E-state index contributed by atoms with van der Waals surface area (Å²) in [5.41, 5.74) is 8.49. The van der Waals surface area contributed by atoms with Crippen LogP contribution in [0.15, 0.2) is 29.4 Å². The van der Waals surface area contributed by atoms with Gasteiger partial charge in [0.1, 0.15) is 11.9 Å². The van der Waals surface area contributed by atoms with Crippen molar-refractivity contribution in [3.05, 3.63) is 44.8 Å². The highest BCUT2D eigenvalue weighted by Crippen LogP contribution is 2.31. The molecule has 5 atom stereocenters. The Bertz CT molecular complexity index is 915. The van der Waals surface area contributed by atoms with Crippen LogP contribution in [-0.4, -0.2) is 60.1 Å². The van der Waals surface area contributed by atoms with Crippen molar-refractivity contribution in [1.29, 1.82) is 0 Å². The first-order valence-corrected chi connectivity index (χ1v) is 9.21. The number of nitrogens with zero attached hydrogens (tertiary/aromatic N) is 4. The van der Waals surface area contributed by atoms with Gasteiger partial charge < -0.3 is 23.7 Å². The Hall–Kier alpha value is -3.90. The molecule has 1 fully saturated rings. The zero-order valence-corrected chi connectivity index (χ0v) is 17.3. The summed E-state index contributed by atoms with van der Waals surface area (Å²) in [6.07, 6.45) is -6.58. The molecule has 32 heavy (non-hydrogen) atoms. The van der Waals surface area contributed by atoms with E-state index in [4.69, 9.17) is 29.2 Å². The van der Waals surface area contributed by atoms with Crippen LogP contribution in [0, 0.1) is 10.1 Å². The number of ether oxygens (including phenoxy) is 5. The number of benzene rings is 1. The fourth-order valence-electron chi connectivity index (χ4n) is 2.99. The van der Waals surface area contributed by atoms with Crippen molar-refractivity contribution in [2.24, 2.45) is 5.11 Å². The minimum Gasteiger partial charge on any atom is -0.461 e. The van der Waals surface area contributed by atoms with E-state index in [1.807, 2.05) is 0 Å². The van der Waals surface area contributed by atoms with E-state index in [1.54, 1.807) is 0 Å². The lowest BCUT2D eigenvalue weighted by atomic mass is 9.97. The molecule has 0 aliphatic carbocycles. The molecule has 1 aromatic carbocycles. The molecule has 0 bridgehead atoms. The number of azide groups is 1. The molecular formula is C18H20N4O10. The van der Waals surface area contributed by atoms with E-state index >= 15 is 0 Å². The van der Waals surface area contributed by atoms with Gasteiger partial charge in [-0.15, -0.1) is 0 Å². The van der Waals surface area contributed by atoms with Gasteiger partial charge in [-0.2, -0.15) is 0 Å². The average molecular weight is 452 g/mol. The number of hydrogen-bond donors (Lipinski definition) is 0. The molecule has 0 aromatic heterocycles. The maximum atomic E-state index is 11.7. The minimum absolute atomic E-state index is 0.104. The zero-order chi connectivity index (χ0) is 23.8. The molecule has 14 nitrogen and oxygen atoms in total. The summed E-state index contributed by atoms with van der Waals surface area (Å²) >= 11 is 0. The quantitative estimate of drug-likeness (QED) is 0.107. The van der Waals surface area contributed by atoms with E-state index in [0.717, 1.165) is 20.8 Å². The molecule has 0 saturated carbocycles. The van der Waals surface area contributed by atoms with Crippen LogP contribution in [-0.2, 0) is 33.3 Å². The third-order valence-corrected chi connectivity index (χ3v) is 4.12. The smallest absolute Gasteiger partial charge is 0.303 e. The van der Waals surface area contributed by atoms with Crippen molar-refractivity contribution in [2.75, 3.05) is 6.54 Å². The minimum atomic E-state index is -1.41. The molecular weight excluding hydrogens is 432 g/mol. The second kappa shape index (κ2) is 10.9. The van der Waals surface area contributed by atoms with Crippen LogP contribution in [0.2, 0.25) is 0 Å². The van der Waals surface area contributed by atoms with Gasteiger partial charge in [-0.3, -0.25) is 24.5 Å². The summed E-state index contributed by atoms with van der Waals surface area (Å²) < 4.78 is 27.2. The molecule has 2 rings (SSSR count). The van der Waals surface area contributed by atoms with Gasteiger partial charge in [0, 0.05) is 37.8 Å². The van der Waals surface area contributed by atoms with Crippen molar-refractivity contribution in [1.82, 2.24) is 0 Å². The van der Waals surface area contributed by atoms with Crippen molar-refractivity contribution in [3.63, 3.8) is 0 Å². The summed E-state index contributed by atoms with van der Waals surface area (Å²) in [6, 6.07) is 4.94. The van der Waals surface area contributed by atoms with Gasteiger partial charge in [-0.1, -0.05) is 5.11 Å². The monoisotopic (exact) mass is 452 g/mol. The second-order valence-corrected chi connectivity index (χ2v) is 6.55. The second-order valence-electron chi connectivity index (χ2n) is 6.55. The number of carbonyl (C=O) groups excluding carboxylic acids is 3. The topological polar surface area (TPSA) is 189 Å². The fourth-order valence-corrected chi connectivity index (χ4v) is 2.99. The summed E-state index contributed by atoms with van der Waals surface area (Å²) in [5, 5.41) is 14.3. The van der Waals surface area contributed by atoms with Crippen molar-refractivity contribution in [2.45, 2.75) is 51.5 Å². The van der Waals surface area contributed by atoms with Gasteiger partial charge in [0.25, 0.3) is 5.69 Å². The summed E-state index contributed by atoms with van der Waals surface area (Å²) in [4.78, 5) is 48.0. The molecule has 0 N–H and O–H groups in total. The fraction of sp³-hybridized carbons (Fsp3) is 0.500. The Labute approximate surface area is 181 Å². The highest BCUT2D eigenvalue weighted by molar-refractivity contribution is 5.68. The lowest BCUT2D eigenvalue weighted by molar-refractivity contribution is -0.384. The van der Waals surface area contributed by atoms with Crippen LogP contribution in [0.1, 0.15) is 20.8 Å². The van der Waals surface area contributed by atoms with Crippen LogP contribution >= 0.6 is 0 Å². The number of esters is 3. The van der Waals surface area contributed by atoms with E-state index in [0.29, 0.717) is 0 Å². The normalized spacial score (nSPS) is 24.4. The summed E-state index contributed by atoms with van der Waals surface area (Å²) in [5.74, 6) is -2.20.